The van der Waals surface area contributed by atoms with Gasteiger partial charge in [0.05, 0.1) is 6.61 Å². The van der Waals surface area contributed by atoms with Crippen molar-refractivity contribution in [2.24, 2.45) is 0 Å². The second kappa shape index (κ2) is 7.03. The molecule has 0 aliphatic heterocycles. The Bertz CT molecular complexity index is 501. The van der Waals surface area contributed by atoms with Crippen molar-refractivity contribution in [2.45, 2.75) is 6.42 Å². The number of Topliss-reactive ketones (excluding diaryl/α,β-unsaturated/α-hetero) is 1. The van der Waals surface area contributed by atoms with Crippen LogP contribution in [0, 0.1) is 0 Å². The van der Waals surface area contributed by atoms with Gasteiger partial charge in [-0.15, -0.1) is 0 Å². The summed E-state index contributed by atoms with van der Waals surface area (Å²) in [6.07, 6.45) is 0.243. The van der Waals surface area contributed by atoms with E-state index < -0.39 is 8.03 Å². The van der Waals surface area contributed by atoms with Gasteiger partial charge in [0, 0.05) is 17.3 Å². The van der Waals surface area contributed by atoms with Gasteiger partial charge in [-0.05, 0) is 12.1 Å². The van der Waals surface area contributed by atoms with E-state index >= 15 is 0 Å². The van der Waals surface area contributed by atoms with Crippen LogP contribution in [0.15, 0.2) is 60.7 Å². The van der Waals surface area contributed by atoms with Crippen molar-refractivity contribution >= 4 is 19.1 Å². The molecule has 0 aromatic heterocycles. The van der Waals surface area contributed by atoms with E-state index in [9.17, 15) is 9.36 Å². The smallest absolute Gasteiger partial charge is 0.220 e. The zero-order chi connectivity index (χ0) is 13.5. The summed E-state index contributed by atoms with van der Waals surface area (Å²) < 4.78 is 17.1. The molecule has 0 bridgehead atoms. The summed E-state index contributed by atoms with van der Waals surface area (Å²) >= 11 is 0. The lowest BCUT2D eigenvalue weighted by atomic mass is 10.1. The van der Waals surface area contributed by atoms with Crippen LogP contribution in [-0.4, -0.2) is 12.4 Å². The summed E-state index contributed by atoms with van der Waals surface area (Å²) in [5.74, 6) is 0.00321. The number of benzene rings is 2. The lowest BCUT2D eigenvalue weighted by molar-refractivity contribution is 0.0965. The zero-order valence-corrected chi connectivity index (χ0v) is 11.4. The number of rotatable bonds is 6. The third kappa shape index (κ3) is 4.16. The lowest BCUT2D eigenvalue weighted by Gasteiger charge is -2.04. The molecule has 2 aromatic carbocycles. The SMILES string of the molecule is O=C(CCO[PH](=O)c1ccccc1)c1ccccc1. The van der Waals surface area contributed by atoms with Gasteiger partial charge in [0.25, 0.3) is 0 Å². The quantitative estimate of drug-likeness (QED) is 0.600. The highest BCUT2D eigenvalue weighted by molar-refractivity contribution is 7.48. The topological polar surface area (TPSA) is 43.4 Å². The fraction of sp³-hybridized carbons (Fsp3) is 0.133. The zero-order valence-electron chi connectivity index (χ0n) is 10.4. The molecule has 0 aliphatic rings. The Morgan fingerprint density at radius 3 is 2.16 bits per heavy atom. The summed E-state index contributed by atoms with van der Waals surface area (Å²) in [6, 6.07) is 18.1. The first-order chi connectivity index (χ1) is 9.27. The predicted molar refractivity (Wildman–Crippen MR) is 76.4 cm³/mol. The molecule has 98 valence electrons. The highest BCUT2D eigenvalue weighted by Crippen LogP contribution is 2.21. The maximum absolute atomic E-state index is 11.8. The molecular formula is C15H15O3P. The van der Waals surface area contributed by atoms with Crippen LogP contribution in [0.3, 0.4) is 0 Å². The van der Waals surface area contributed by atoms with Gasteiger partial charge < -0.3 is 4.52 Å². The van der Waals surface area contributed by atoms with Gasteiger partial charge in [-0.3, -0.25) is 9.36 Å². The number of hydrogen-bond donors (Lipinski definition) is 0. The molecule has 1 atom stereocenters. The van der Waals surface area contributed by atoms with E-state index in [4.69, 9.17) is 4.52 Å². The number of carbonyl (C=O) groups excluding carboxylic acids is 1. The van der Waals surface area contributed by atoms with Crippen LogP contribution in [0.5, 0.6) is 0 Å². The van der Waals surface area contributed by atoms with E-state index in [1.165, 1.54) is 0 Å². The molecule has 2 aromatic rings. The molecule has 1 unspecified atom stereocenters. The van der Waals surface area contributed by atoms with Gasteiger partial charge in [-0.2, -0.15) is 0 Å². The molecule has 0 saturated carbocycles. The van der Waals surface area contributed by atoms with E-state index in [1.54, 1.807) is 24.3 Å². The largest absolute Gasteiger partial charge is 0.327 e. The van der Waals surface area contributed by atoms with Gasteiger partial charge in [-0.1, -0.05) is 48.5 Å². The predicted octanol–water partition coefficient (Wildman–Crippen LogP) is 3.08. The maximum atomic E-state index is 11.8. The van der Waals surface area contributed by atoms with E-state index in [2.05, 4.69) is 0 Å². The molecule has 0 saturated heterocycles. The Kier molecular flexibility index (Phi) is 5.08. The molecule has 0 spiro atoms. The molecule has 2 rings (SSSR count). The van der Waals surface area contributed by atoms with E-state index in [0.29, 0.717) is 10.9 Å². The summed E-state index contributed by atoms with van der Waals surface area (Å²) in [5, 5.41) is 0.680. The second-order valence-electron chi connectivity index (χ2n) is 4.04. The van der Waals surface area contributed by atoms with Crippen molar-refractivity contribution in [1.82, 2.24) is 0 Å². The summed E-state index contributed by atoms with van der Waals surface area (Å²) in [6.45, 7) is 0.181. The maximum Gasteiger partial charge on any atom is 0.220 e. The summed E-state index contributed by atoms with van der Waals surface area (Å²) in [7, 11) is -2.25. The standard InChI is InChI=1S/C15H15O3P/c16-15(13-7-3-1-4-8-13)11-12-18-19(17)14-9-5-2-6-10-14/h1-10,19H,11-12H2. The summed E-state index contributed by atoms with van der Waals surface area (Å²) in [4.78, 5) is 11.8. The molecule has 0 amide bonds. The van der Waals surface area contributed by atoms with Crippen molar-refractivity contribution < 1.29 is 13.9 Å². The number of hydrogen-bond acceptors (Lipinski definition) is 3. The minimum Gasteiger partial charge on any atom is -0.327 e. The fourth-order valence-electron chi connectivity index (χ4n) is 1.66. The molecule has 3 nitrogen and oxygen atoms in total. The average Bonchev–Trinajstić information content (AvgIpc) is 2.49. The van der Waals surface area contributed by atoms with Crippen molar-refractivity contribution in [3.05, 3.63) is 66.2 Å². The highest BCUT2D eigenvalue weighted by atomic mass is 31.1. The molecular weight excluding hydrogens is 259 g/mol. The van der Waals surface area contributed by atoms with Gasteiger partial charge >= 0.3 is 0 Å². The van der Waals surface area contributed by atoms with E-state index in [-0.39, 0.29) is 18.8 Å². The van der Waals surface area contributed by atoms with Gasteiger partial charge in [0.1, 0.15) is 0 Å². The molecule has 0 radical (unpaired) electrons. The molecule has 4 heteroatoms. The Morgan fingerprint density at radius 1 is 0.947 bits per heavy atom. The Morgan fingerprint density at radius 2 is 1.53 bits per heavy atom. The van der Waals surface area contributed by atoms with E-state index in [0.717, 1.165) is 0 Å². The molecule has 0 fully saturated rings. The Balaban J connectivity index is 1.81. The number of carbonyl (C=O) groups is 1. The van der Waals surface area contributed by atoms with Gasteiger partial charge in [-0.25, -0.2) is 0 Å². The lowest BCUT2D eigenvalue weighted by Crippen LogP contribution is -2.04. The third-order valence-electron chi connectivity index (χ3n) is 2.67. The molecule has 0 N–H and O–H groups in total. The van der Waals surface area contributed by atoms with Crippen LogP contribution >= 0.6 is 8.03 Å². The normalized spacial score (nSPS) is 12.0. The van der Waals surface area contributed by atoms with Crippen molar-refractivity contribution in [1.29, 1.82) is 0 Å². The van der Waals surface area contributed by atoms with E-state index in [1.807, 2.05) is 36.4 Å². The van der Waals surface area contributed by atoms with Crippen LogP contribution in [0.1, 0.15) is 16.8 Å². The first-order valence-corrected chi connectivity index (χ1v) is 7.39. The number of ketones is 1. The van der Waals surface area contributed by atoms with Crippen molar-refractivity contribution in [3.63, 3.8) is 0 Å². The van der Waals surface area contributed by atoms with Crippen LogP contribution in [-0.2, 0) is 9.09 Å². The van der Waals surface area contributed by atoms with Crippen LogP contribution < -0.4 is 5.30 Å². The average molecular weight is 274 g/mol. The molecule has 0 aliphatic carbocycles. The van der Waals surface area contributed by atoms with Crippen molar-refractivity contribution in [2.75, 3.05) is 6.61 Å². The fourth-order valence-corrected chi connectivity index (χ4v) is 2.58. The van der Waals surface area contributed by atoms with Crippen molar-refractivity contribution in [3.8, 4) is 0 Å². The first-order valence-electron chi connectivity index (χ1n) is 6.08. The second-order valence-corrected chi connectivity index (χ2v) is 5.48. The summed E-state index contributed by atoms with van der Waals surface area (Å²) in [5.41, 5.74) is 0.658. The Hall–Kier alpha value is -1.70. The minimum absolute atomic E-state index is 0.00321. The van der Waals surface area contributed by atoms with Gasteiger partial charge in [0.2, 0.25) is 8.03 Å². The Labute approximate surface area is 113 Å². The van der Waals surface area contributed by atoms with Crippen LogP contribution in [0.2, 0.25) is 0 Å². The third-order valence-corrected chi connectivity index (χ3v) is 3.94. The minimum atomic E-state index is -2.25. The molecule has 0 heterocycles. The van der Waals surface area contributed by atoms with Crippen LogP contribution in [0.25, 0.3) is 0 Å². The van der Waals surface area contributed by atoms with Gasteiger partial charge in [0.15, 0.2) is 5.78 Å². The first kappa shape index (κ1) is 13.7. The molecule has 19 heavy (non-hydrogen) atoms. The monoisotopic (exact) mass is 274 g/mol. The highest BCUT2D eigenvalue weighted by Gasteiger charge is 2.07. The van der Waals surface area contributed by atoms with Crippen LogP contribution in [0.4, 0.5) is 0 Å².